The lowest BCUT2D eigenvalue weighted by atomic mass is 10.1. The summed E-state index contributed by atoms with van der Waals surface area (Å²) < 4.78 is 21.6. The Labute approximate surface area is 148 Å². The second kappa shape index (κ2) is 10.5. The van der Waals surface area contributed by atoms with E-state index in [9.17, 15) is 15.0 Å². The maximum absolute atomic E-state index is 12.4. The molecule has 1 aromatic rings. The molecule has 0 aliphatic rings. The number of phenols is 2. The Morgan fingerprint density at radius 1 is 0.800 bits per heavy atom. The van der Waals surface area contributed by atoms with E-state index in [-0.39, 0.29) is 49.2 Å². The molecule has 0 saturated heterocycles. The minimum Gasteiger partial charge on any atom is -0.503 e. The van der Waals surface area contributed by atoms with Crippen molar-refractivity contribution in [1.82, 2.24) is 0 Å². The van der Waals surface area contributed by atoms with E-state index in [0.717, 1.165) is 12.8 Å². The molecule has 1 aromatic carbocycles. The number of ether oxygens (including phenoxy) is 4. The molecule has 0 atom stereocenters. The number of hydrogen-bond donors (Lipinski definition) is 2. The predicted octanol–water partition coefficient (Wildman–Crippen LogP) is 3.64. The molecule has 0 heterocycles. The van der Waals surface area contributed by atoms with Gasteiger partial charge in [-0.1, -0.05) is 19.8 Å². The number of benzene rings is 1. The Morgan fingerprint density at radius 2 is 1.36 bits per heavy atom. The van der Waals surface area contributed by atoms with Gasteiger partial charge in [-0.25, -0.2) is 4.79 Å². The largest absolute Gasteiger partial charge is 0.503 e. The van der Waals surface area contributed by atoms with Crippen LogP contribution in [-0.4, -0.2) is 42.6 Å². The van der Waals surface area contributed by atoms with Crippen molar-refractivity contribution in [3.63, 3.8) is 0 Å². The first-order chi connectivity index (χ1) is 12.0. The van der Waals surface area contributed by atoms with E-state index in [2.05, 4.69) is 0 Å². The summed E-state index contributed by atoms with van der Waals surface area (Å²) in [6, 6.07) is 0. The molecule has 0 aliphatic heterocycles. The van der Waals surface area contributed by atoms with Gasteiger partial charge < -0.3 is 29.2 Å². The Hall–Kier alpha value is -2.31. The molecule has 0 radical (unpaired) electrons. The van der Waals surface area contributed by atoms with Crippen molar-refractivity contribution >= 4 is 5.97 Å². The summed E-state index contributed by atoms with van der Waals surface area (Å²) in [4.78, 5) is 12.4. The molecule has 0 spiro atoms. The standard InChI is InChI=1S/C18H28O7/c1-5-9-10-11-25-18(21)12-13(19)14(20)16(23-7-3)17(24-8-4)15(12)22-6-2/h19-20H,5-11H2,1-4H3. The van der Waals surface area contributed by atoms with Gasteiger partial charge in [-0.05, 0) is 27.2 Å². The smallest absolute Gasteiger partial charge is 0.346 e. The van der Waals surface area contributed by atoms with E-state index in [4.69, 9.17) is 18.9 Å². The van der Waals surface area contributed by atoms with Crippen molar-refractivity contribution in [1.29, 1.82) is 0 Å². The molecule has 2 N–H and O–H groups in total. The summed E-state index contributed by atoms with van der Waals surface area (Å²) in [5, 5.41) is 20.6. The average molecular weight is 356 g/mol. The minimum absolute atomic E-state index is 0.00333. The monoisotopic (exact) mass is 356 g/mol. The van der Waals surface area contributed by atoms with Crippen molar-refractivity contribution in [2.24, 2.45) is 0 Å². The highest BCUT2D eigenvalue weighted by molar-refractivity contribution is 5.99. The zero-order chi connectivity index (χ0) is 18.8. The number of phenolic OH excluding ortho intramolecular Hbond substituents is 2. The van der Waals surface area contributed by atoms with Crippen LogP contribution in [-0.2, 0) is 4.74 Å². The molecule has 0 unspecified atom stereocenters. The lowest BCUT2D eigenvalue weighted by molar-refractivity contribution is 0.0488. The Morgan fingerprint density at radius 3 is 1.92 bits per heavy atom. The van der Waals surface area contributed by atoms with Gasteiger partial charge in [0, 0.05) is 0 Å². The second-order valence-corrected chi connectivity index (χ2v) is 5.20. The highest BCUT2D eigenvalue weighted by Crippen LogP contribution is 2.53. The third-order valence-corrected chi connectivity index (χ3v) is 3.37. The molecular weight excluding hydrogens is 328 g/mol. The fourth-order valence-electron chi connectivity index (χ4n) is 2.27. The van der Waals surface area contributed by atoms with Gasteiger partial charge in [0.15, 0.2) is 17.1 Å². The van der Waals surface area contributed by atoms with E-state index in [0.29, 0.717) is 6.42 Å². The van der Waals surface area contributed by atoms with Crippen LogP contribution < -0.4 is 14.2 Å². The number of hydrogen-bond acceptors (Lipinski definition) is 7. The number of carbonyl (C=O) groups excluding carboxylic acids is 1. The fourth-order valence-corrected chi connectivity index (χ4v) is 2.27. The van der Waals surface area contributed by atoms with E-state index >= 15 is 0 Å². The Kier molecular flexibility index (Phi) is 8.74. The van der Waals surface area contributed by atoms with E-state index in [1.165, 1.54) is 0 Å². The highest BCUT2D eigenvalue weighted by atomic mass is 16.6. The van der Waals surface area contributed by atoms with Crippen molar-refractivity contribution in [3.05, 3.63) is 5.56 Å². The number of rotatable bonds is 11. The van der Waals surface area contributed by atoms with Crippen LogP contribution in [0.5, 0.6) is 28.7 Å². The van der Waals surface area contributed by atoms with Crippen LogP contribution >= 0.6 is 0 Å². The van der Waals surface area contributed by atoms with Crippen molar-refractivity contribution in [3.8, 4) is 28.7 Å². The first-order valence-electron chi connectivity index (χ1n) is 8.70. The molecule has 0 aliphatic carbocycles. The van der Waals surface area contributed by atoms with Gasteiger partial charge in [0.25, 0.3) is 0 Å². The molecule has 0 amide bonds. The van der Waals surface area contributed by atoms with Gasteiger partial charge >= 0.3 is 5.97 Å². The van der Waals surface area contributed by atoms with Gasteiger partial charge in [0.05, 0.1) is 26.4 Å². The summed E-state index contributed by atoms with van der Waals surface area (Å²) in [5.41, 5.74) is -0.261. The molecule has 142 valence electrons. The summed E-state index contributed by atoms with van der Waals surface area (Å²) >= 11 is 0. The number of esters is 1. The first kappa shape index (κ1) is 20.7. The summed E-state index contributed by atoms with van der Waals surface area (Å²) in [7, 11) is 0. The van der Waals surface area contributed by atoms with Crippen LogP contribution in [0.3, 0.4) is 0 Å². The van der Waals surface area contributed by atoms with Gasteiger partial charge in [0.2, 0.25) is 17.2 Å². The summed E-state index contributed by atoms with van der Waals surface area (Å²) in [6.45, 7) is 8.19. The molecule has 25 heavy (non-hydrogen) atoms. The molecule has 0 saturated carbocycles. The van der Waals surface area contributed by atoms with Crippen LogP contribution in [0, 0.1) is 0 Å². The molecule has 0 aromatic heterocycles. The number of carbonyl (C=O) groups is 1. The molecule has 0 fully saturated rings. The second-order valence-electron chi connectivity index (χ2n) is 5.20. The first-order valence-corrected chi connectivity index (χ1v) is 8.70. The molecule has 7 heteroatoms. The maximum Gasteiger partial charge on any atom is 0.346 e. The van der Waals surface area contributed by atoms with Crippen LogP contribution in [0.25, 0.3) is 0 Å². The Bertz CT molecular complexity index is 569. The lowest BCUT2D eigenvalue weighted by Crippen LogP contribution is -2.12. The Balaban J connectivity index is 3.36. The van der Waals surface area contributed by atoms with Crippen LogP contribution in [0.4, 0.5) is 0 Å². The topological polar surface area (TPSA) is 94.5 Å². The molecular formula is C18H28O7. The maximum atomic E-state index is 12.4. The van der Waals surface area contributed by atoms with Crippen molar-refractivity contribution in [2.45, 2.75) is 47.0 Å². The van der Waals surface area contributed by atoms with E-state index in [1.54, 1.807) is 20.8 Å². The third kappa shape index (κ3) is 5.08. The summed E-state index contributed by atoms with van der Waals surface area (Å²) in [6.07, 6.45) is 2.63. The van der Waals surface area contributed by atoms with Gasteiger partial charge in [0.1, 0.15) is 0 Å². The van der Waals surface area contributed by atoms with Gasteiger partial charge in [-0.3, -0.25) is 0 Å². The zero-order valence-electron chi connectivity index (χ0n) is 15.4. The predicted molar refractivity (Wildman–Crippen MR) is 93.1 cm³/mol. The van der Waals surface area contributed by atoms with E-state index < -0.39 is 17.5 Å². The zero-order valence-corrected chi connectivity index (χ0v) is 15.4. The van der Waals surface area contributed by atoms with Crippen LogP contribution in [0.15, 0.2) is 0 Å². The molecule has 0 bridgehead atoms. The van der Waals surface area contributed by atoms with Gasteiger partial charge in [-0.15, -0.1) is 0 Å². The number of aromatic hydroxyl groups is 2. The van der Waals surface area contributed by atoms with Crippen LogP contribution in [0.1, 0.15) is 57.3 Å². The van der Waals surface area contributed by atoms with E-state index in [1.807, 2.05) is 6.92 Å². The third-order valence-electron chi connectivity index (χ3n) is 3.37. The highest BCUT2D eigenvalue weighted by Gasteiger charge is 2.32. The van der Waals surface area contributed by atoms with Crippen LogP contribution in [0.2, 0.25) is 0 Å². The van der Waals surface area contributed by atoms with Crippen molar-refractivity contribution in [2.75, 3.05) is 26.4 Å². The quantitative estimate of drug-likeness (QED) is 0.355. The minimum atomic E-state index is -0.781. The average Bonchev–Trinajstić information content (AvgIpc) is 2.59. The van der Waals surface area contributed by atoms with Crippen molar-refractivity contribution < 1.29 is 34.0 Å². The SMILES string of the molecule is CCCCCOC(=O)c1c(O)c(O)c(OCC)c(OCC)c1OCC. The molecule has 1 rings (SSSR count). The fraction of sp³-hybridized carbons (Fsp3) is 0.611. The summed E-state index contributed by atoms with van der Waals surface area (Å²) in [5.74, 6) is -1.99. The number of unbranched alkanes of at least 4 members (excludes halogenated alkanes) is 2. The lowest BCUT2D eigenvalue weighted by Gasteiger charge is -2.20. The molecule has 7 nitrogen and oxygen atoms in total. The normalized spacial score (nSPS) is 10.4. The van der Waals surface area contributed by atoms with Gasteiger partial charge in [-0.2, -0.15) is 0 Å².